The average Bonchev–Trinajstić information content (AvgIpc) is 2.64. The van der Waals surface area contributed by atoms with Crippen molar-refractivity contribution in [2.24, 2.45) is 7.05 Å². The maximum atomic E-state index is 12.3. The minimum absolute atomic E-state index is 0.0647. The quantitative estimate of drug-likeness (QED) is 0.905. The van der Waals surface area contributed by atoms with Gasteiger partial charge >= 0.3 is 0 Å². The largest absolute Gasteiger partial charge is 0.281 e. The second-order valence-corrected chi connectivity index (χ2v) is 6.65. The topological polar surface area (TPSA) is 76.9 Å². The second kappa shape index (κ2) is 5.10. The lowest BCUT2D eigenvalue weighted by Gasteiger charge is -2.10. The van der Waals surface area contributed by atoms with Gasteiger partial charge in [0.2, 0.25) is 5.03 Å². The first-order chi connectivity index (χ1) is 8.81. The van der Waals surface area contributed by atoms with Gasteiger partial charge in [-0.3, -0.25) is 4.72 Å². The number of anilines is 1. The minimum atomic E-state index is -3.81. The van der Waals surface area contributed by atoms with Crippen molar-refractivity contribution in [3.63, 3.8) is 0 Å². The third-order valence-corrected chi connectivity index (χ3v) is 4.94. The van der Waals surface area contributed by atoms with Crippen molar-refractivity contribution in [3.8, 4) is 0 Å². The first kappa shape index (κ1) is 14.3. The Bertz CT molecular complexity index is 710. The van der Waals surface area contributed by atoms with Crippen LogP contribution < -0.4 is 4.72 Å². The first-order valence-corrected chi connectivity index (χ1v) is 7.81. The smallest absolute Gasteiger partial charge is 0.277 e. The Kier molecular flexibility index (Phi) is 3.84. The molecule has 0 unspecified atom stereocenters. The van der Waals surface area contributed by atoms with Gasteiger partial charge in [0.1, 0.15) is 0 Å². The average molecular weight is 366 g/mol. The van der Waals surface area contributed by atoms with Crippen molar-refractivity contribution < 1.29 is 8.42 Å². The van der Waals surface area contributed by atoms with Crippen molar-refractivity contribution in [2.45, 2.75) is 11.9 Å². The summed E-state index contributed by atoms with van der Waals surface area (Å²) in [6.45, 7) is 1.84. The molecule has 0 fully saturated rings. The summed E-state index contributed by atoms with van der Waals surface area (Å²) >= 11 is 9.02. The SMILES string of the molecule is Cc1ccc(Cl)c(NS(=O)(=O)c2c(Br)nnn2C)c1. The molecule has 6 nitrogen and oxygen atoms in total. The third kappa shape index (κ3) is 2.90. The number of benzene rings is 1. The van der Waals surface area contributed by atoms with Gasteiger partial charge in [0, 0.05) is 7.05 Å². The van der Waals surface area contributed by atoms with E-state index in [1.165, 1.54) is 7.05 Å². The number of sulfonamides is 1. The molecule has 0 radical (unpaired) electrons. The Balaban J connectivity index is 2.45. The standard InChI is InChI=1S/C10H10BrClN4O2S/c1-6-3-4-7(12)8(5-6)14-19(17,18)10-9(11)13-15-16(10)2/h3-5,14H,1-2H3. The summed E-state index contributed by atoms with van der Waals surface area (Å²) in [6, 6.07) is 5.07. The van der Waals surface area contributed by atoms with Crippen LogP contribution in [0, 0.1) is 6.92 Å². The van der Waals surface area contributed by atoms with E-state index in [9.17, 15) is 8.42 Å². The van der Waals surface area contributed by atoms with Crippen molar-refractivity contribution in [2.75, 3.05) is 4.72 Å². The zero-order valence-electron chi connectivity index (χ0n) is 10.1. The van der Waals surface area contributed by atoms with E-state index in [2.05, 4.69) is 31.0 Å². The van der Waals surface area contributed by atoms with Crippen LogP contribution in [0.2, 0.25) is 5.02 Å². The molecule has 9 heteroatoms. The summed E-state index contributed by atoms with van der Waals surface area (Å²) in [7, 11) is -2.32. The van der Waals surface area contributed by atoms with Crippen LogP contribution in [0.4, 0.5) is 5.69 Å². The van der Waals surface area contributed by atoms with E-state index >= 15 is 0 Å². The number of hydrogen-bond acceptors (Lipinski definition) is 4. The van der Waals surface area contributed by atoms with Crippen LogP contribution in [0.1, 0.15) is 5.56 Å². The molecular formula is C10H10BrClN4O2S. The molecule has 1 heterocycles. The second-order valence-electron chi connectivity index (χ2n) is 3.90. The summed E-state index contributed by atoms with van der Waals surface area (Å²) in [5.74, 6) is 0. The lowest BCUT2D eigenvalue weighted by Crippen LogP contribution is -2.17. The molecule has 2 aromatic rings. The van der Waals surface area contributed by atoms with Gasteiger partial charge in [-0.1, -0.05) is 22.9 Å². The molecule has 0 aliphatic heterocycles. The lowest BCUT2D eigenvalue weighted by atomic mass is 10.2. The number of aromatic nitrogens is 3. The van der Waals surface area contributed by atoms with E-state index in [0.717, 1.165) is 10.2 Å². The highest BCUT2D eigenvalue weighted by Crippen LogP contribution is 2.27. The fourth-order valence-corrected chi connectivity index (χ4v) is 3.91. The van der Waals surface area contributed by atoms with Crippen molar-refractivity contribution in [1.82, 2.24) is 15.0 Å². The van der Waals surface area contributed by atoms with Crippen LogP contribution in [0.25, 0.3) is 0 Å². The third-order valence-electron chi connectivity index (χ3n) is 2.36. The van der Waals surface area contributed by atoms with Gasteiger partial charge in [-0.15, -0.1) is 5.10 Å². The maximum absolute atomic E-state index is 12.3. The minimum Gasteiger partial charge on any atom is -0.277 e. The Hall–Kier alpha value is -1.12. The summed E-state index contributed by atoms with van der Waals surface area (Å²) in [5.41, 5.74) is 1.21. The molecule has 19 heavy (non-hydrogen) atoms. The van der Waals surface area contributed by atoms with Crippen LogP contribution in [0.3, 0.4) is 0 Å². The summed E-state index contributed by atoms with van der Waals surface area (Å²) in [5, 5.41) is 7.53. The molecular weight excluding hydrogens is 356 g/mol. The molecule has 0 aliphatic rings. The molecule has 0 atom stereocenters. The fourth-order valence-electron chi connectivity index (χ4n) is 1.52. The van der Waals surface area contributed by atoms with E-state index < -0.39 is 10.0 Å². The van der Waals surface area contributed by atoms with Crippen LogP contribution in [-0.4, -0.2) is 23.4 Å². The molecule has 0 amide bonds. The molecule has 0 saturated heterocycles. The zero-order chi connectivity index (χ0) is 14.2. The summed E-state index contributed by atoms with van der Waals surface area (Å²) in [6.07, 6.45) is 0. The van der Waals surface area contributed by atoms with Crippen LogP contribution in [0.15, 0.2) is 27.8 Å². The van der Waals surface area contributed by atoms with E-state index in [4.69, 9.17) is 11.6 Å². The van der Waals surface area contributed by atoms with Gasteiger partial charge in [0.25, 0.3) is 10.0 Å². The van der Waals surface area contributed by atoms with E-state index in [-0.39, 0.29) is 9.63 Å². The monoisotopic (exact) mass is 364 g/mol. The van der Waals surface area contributed by atoms with Crippen molar-refractivity contribution >= 4 is 43.2 Å². The molecule has 0 spiro atoms. The molecule has 0 aliphatic carbocycles. The first-order valence-electron chi connectivity index (χ1n) is 5.15. The number of halogens is 2. The maximum Gasteiger partial charge on any atom is 0.281 e. The van der Waals surface area contributed by atoms with Crippen LogP contribution in [0.5, 0.6) is 0 Å². The number of hydrogen-bond donors (Lipinski definition) is 1. The molecule has 1 aromatic heterocycles. The van der Waals surface area contributed by atoms with Gasteiger partial charge in [-0.25, -0.2) is 4.68 Å². The molecule has 0 bridgehead atoms. The Morgan fingerprint density at radius 1 is 1.42 bits per heavy atom. The highest BCUT2D eigenvalue weighted by atomic mass is 79.9. The zero-order valence-corrected chi connectivity index (χ0v) is 13.2. The van der Waals surface area contributed by atoms with E-state index in [1.54, 1.807) is 18.2 Å². The summed E-state index contributed by atoms with van der Waals surface area (Å²) in [4.78, 5) is 0. The fraction of sp³-hybridized carbons (Fsp3) is 0.200. The van der Waals surface area contributed by atoms with Gasteiger partial charge in [0.05, 0.1) is 10.7 Å². The Morgan fingerprint density at radius 2 is 2.11 bits per heavy atom. The lowest BCUT2D eigenvalue weighted by molar-refractivity contribution is 0.578. The van der Waals surface area contributed by atoms with Gasteiger partial charge < -0.3 is 0 Å². The summed E-state index contributed by atoms with van der Waals surface area (Å²) < 4.78 is 28.3. The predicted octanol–water partition coefficient (Wildman–Crippen LogP) is 2.34. The van der Waals surface area contributed by atoms with Gasteiger partial charge in [0.15, 0.2) is 4.60 Å². The van der Waals surface area contributed by atoms with Crippen molar-refractivity contribution in [3.05, 3.63) is 33.4 Å². The number of aryl methyl sites for hydroxylation is 2. The normalized spacial score (nSPS) is 11.6. The molecule has 1 aromatic carbocycles. The van der Waals surface area contributed by atoms with Gasteiger partial charge in [-0.2, -0.15) is 8.42 Å². The Morgan fingerprint density at radius 3 is 2.68 bits per heavy atom. The highest BCUT2D eigenvalue weighted by Gasteiger charge is 2.24. The molecule has 2 rings (SSSR count). The van der Waals surface area contributed by atoms with Crippen LogP contribution >= 0.6 is 27.5 Å². The van der Waals surface area contributed by atoms with Crippen molar-refractivity contribution in [1.29, 1.82) is 0 Å². The molecule has 102 valence electrons. The molecule has 0 saturated carbocycles. The van der Waals surface area contributed by atoms with E-state index in [1.807, 2.05) is 6.92 Å². The number of nitrogens with zero attached hydrogens (tertiary/aromatic N) is 3. The van der Waals surface area contributed by atoms with E-state index in [0.29, 0.717) is 10.7 Å². The Labute approximate surface area is 123 Å². The predicted molar refractivity (Wildman–Crippen MR) is 75.7 cm³/mol. The number of rotatable bonds is 3. The van der Waals surface area contributed by atoms with Crippen LogP contribution in [-0.2, 0) is 17.1 Å². The molecule has 1 N–H and O–H groups in total. The van der Waals surface area contributed by atoms with Gasteiger partial charge in [-0.05, 0) is 40.5 Å². The number of nitrogens with one attached hydrogen (secondary N) is 1. The highest BCUT2D eigenvalue weighted by molar-refractivity contribution is 9.10.